The van der Waals surface area contributed by atoms with E-state index < -0.39 is 15.9 Å². The van der Waals surface area contributed by atoms with Gasteiger partial charge in [-0.25, -0.2) is 13.1 Å². The molecular formula is C19H23N5O7S. The number of rotatable bonds is 9. The van der Waals surface area contributed by atoms with Gasteiger partial charge in [0.2, 0.25) is 11.7 Å². The number of aromatic nitrogens is 4. The smallest absolute Gasteiger partial charge is 0.226 e. The highest BCUT2D eigenvalue weighted by Gasteiger charge is 2.27. The lowest BCUT2D eigenvalue weighted by molar-refractivity contribution is -0.120. The number of amides is 1. The average molecular weight is 465 g/mol. The van der Waals surface area contributed by atoms with Crippen molar-refractivity contribution in [2.24, 2.45) is 0 Å². The standard InChI is InChI=1S/C19H23N5O7S/c25-16-11-29-6-3-15(16)24-10-14(21-23-24)12-32(27,28)7-4-20-19(26)9-13-8-18(31-22-13)17-2-1-5-30-17/h1-2,5,8,10,15-16,25H,3-4,6-7,9,11-12H2,(H,20,26)/t15-,16-/m1/s1. The van der Waals surface area contributed by atoms with Gasteiger partial charge in [-0.1, -0.05) is 10.4 Å². The van der Waals surface area contributed by atoms with Crippen LogP contribution < -0.4 is 5.32 Å². The molecule has 1 fully saturated rings. The first-order valence-electron chi connectivity index (χ1n) is 10.0. The molecule has 0 spiro atoms. The second kappa shape index (κ2) is 9.63. The van der Waals surface area contributed by atoms with Gasteiger partial charge in [0.05, 0.1) is 54.3 Å². The van der Waals surface area contributed by atoms with Crippen LogP contribution in [-0.4, -0.2) is 71.2 Å². The number of aliphatic hydroxyl groups excluding tert-OH is 1. The Balaban J connectivity index is 1.23. The molecule has 2 N–H and O–H groups in total. The zero-order valence-corrected chi connectivity index (χ0v) is 17.9. The number of carbonyl (C=O) groups is 1. The Morgan fingerprint density at radius 1 is 1.31 bits per heavy atom. The lowest BCUT2D eigenvalue weighted by atomic mass is 10.1. The van der Waals surface area contributed by atoms with Crippen LogP contribution in [0, 0.1) is 0 Å². The van der Waals surface area contributed by atoms with E-state index in [2.05, 4.69) is 20.8 Å². The van der Waals surface area contributed by atoms with Gasteiger partial charge in [0.1, 0.15) is 0 Å². The molecule has 0 aliphatic carbocycles. The van der Waals surface area contributed by atoms with Crippen LogP contribution in [0.4, 0.5) is 0 Å². The van der Waals surface area contributed by atoms with Crippen molar-refractivity contribution in [1.82, 2.24) is 25.5 Å². The first-order chi connectivity index (χ1) is 15.4. The van der Waals surface area contributed by atoms with Crippen LogP contribution in [0.5, 0.6) is 0 Å². The zero-order valence-electron chi connectivity index (χ0n) is 17.1. The molecule has 2 atom stereocenters. The number of aliphatic hydroxyl groups is 1. The summed E-state index contributed by atoms with van der Waals surface area (Å²) < 4.78 is 41.8. The Labute approximate surface area is 183 Å². The van der Waals surface area contributed by atoms with Crippen molar-refractivity contribution >= 4 is 15.7 Å². The van der Waals surface area contributed by atoms with Crippen molar-refractivity contribution in [2.45, 2.75) is 30.7 Å². The molecule has 0 unspecified atom stereocenters. The van der Waals surface area contributed by atoms with Crippen LogP contribution in [-0.2, 0) is 31.5 Å². The number of furan rings is 1. The van der Waals surface area contributed by atoms with Gasteiger partial charge in [-0.3, -0.25) is 4.79 Å². The summed E-state index contributed by atoms with van der Waals surface area (Å²) in [6, 6.07) is 4.71. The van der Waals surface area contributed by atoms with Crippen molar-refractivity contribution in [3.8, 4) is 11.5 Å². The maximum Gasteiger partial charge on any atom is 0.226 e. The summed E-state index contributed by atoms with van der Waals surface area (Å²) in [6.07, 6.45) is 2.82. The fourth-order valence-electron chi connectivity index (χ4n) is 3.36. The Morgan fingerprint density at radius 2 is 2.19 bits per heavy atom. The molecule has 1 amide bonds. The summed E-state index contributed by atoms with van der Waals surface area (Å²) in [7, 11) is -3.52. The van der Waals surface area contributed by atoms with Crippen molar-refractivity contribution in [3.63, 3.8) is 0 Å². The molecule has 12 nitrogen and oxygen atoms in total. The summed E-state index contributed by atoms with van der Waals surface area (Å²) in [5.74, 6) is -0.0286. The van der Waals surface area contributed by atoms with Gasteiger partial charge in [0.15, 0.2) is 15.6 Å². The van der Waals surface area contributed by atoms with E-state index in [0.29, 0.717) is 30.2 Å². The van der Waals surface area contributed by atoms with Crippen molar-refractivity contribution in [3.05, 3.63) is 42.0 Å². The maximum absolute atomic E-state index is 12.4. The van der Waals surface area contributed by atoms with Gasteiger partial charge in [0, 0.05) is 25.4 Å². The van der Waals surface area contributed by atoms with Gasteiger partial charge < -0.3 is 24.1 Å². The highest BCUT2D eigenvalue weighted by molar-refractivity contribution is 7.90. The molecule has 0 aromatic carbocycles. The van der Waals surface area contributed by atoms with Gasteiger partial charge in [-0.2, -0.15) is 0 Å². The fraction of sp³-hybridized carbons (Fsp3) is 0.474. The van der Waals surface area contributed by atoms with Gasteiger partial charge >= 0.3 is 0 Å². The van der Waals surface area contributed by atoms with E-state index in [1.807, 2.05) is 0 Å². The summed E-state index contributed by atoms with van der Waals surface area (Å²) >= 11 is 0. The number of carbonyl (C=O) groups excluding carboxylic acids is 1. The first kappa shape index (κ1) is 22.2. The van der Waals surface area contributed by atoms with E-state index in [9.17, 15) is 18.3 Å². The number of nitrogens with one attached hydrogen (secondary N) is 1. The molecule has 13 heteroatoms. The van der Waals surface area contributed by atoms with Crippen LogP contribution in [0.2, 0.25) is 0 Å². The summed E-state index contributed by atoms with van der Waals surface area (Å²) in [5, 5.41) is 24.2. The lowest BCUT2D eigenvalue weighted by Crippen LogP contribution is -2.34. The zero-order chi connectivity index (χ0) is 22.6. The van der Waals surface area contributed by atoms with Gasteiger partial charge in [-0.15, -0.1) is 5.10 Å². The van der Waals surface area contributed by atoms with E-state index in [0.717, 1.165) is 0 Å². The molecule has 1 aliphatic heterocycles. The largest absolute Gasteiger partial charge is 0.461 e. The number of ether oxygens (including phenoxy) is 1. The lowest BCUT2D eigenvalue weighted by Gasteiger charge is -2.27. The van der Waals surface area contributed by atoms with E-state index in [-0.39, 0.29) is 48.7 Å². The van der Waals surface area contributed by atoms with Gasteiger partial charge in [0.25, 0.3) is 0 Å². The Hall–Kier alpha value is -3.03. The van der Waals surface area contributed by atoms with Crippen LogP contribution in [0.3, 0.4) is 0 Å². The highest BCUT2D eigenvalue weighted by atomic mass is 32.2. The third-order valence-electron chi connectivity index (χ3n) is 4.96. The number of hydrogen-bond donors (Lipinski definition) is 2. The van der Waals surface area contributed by atoms with E-state index in [4.69, 9.17) is 13.7 Å². The van der Waals surface area contributed by atoms with Crippen molar-refractivity contribution < 1.29 is 32.0 Å². The predicted octanol–water partition coefficient (Wildman–Crippen LogP) is 0.122. The molecule has 4 heterocycles. The third kappa shape index (κ3) is 5.60. The molecule has 0 bridgehead atoms. The molecule has 0 saturated carbocycles. The Morgan fingerprint density at radius 3 is 2.97 bits per heavy atom. The van der Waals surface area contributed by atoms with Crippen LogP contribution in [0.1, 0.15) is 23.9 Å². The minimum Gasteiger partial charge on any atom is -0.461 e. The molecule has 1 saturated heterocycles. The minimum absolute atomic E-state index is 0.0448. The maximum atomic E-state index is 12.4. The summed E-state index contributed by atoms with van der Waals surface area (Å²) in [6.45, 7) is 0.653. The highest BCUT2D eigenvalue weighted by Crippen LogP contribution is 2.21. The Bertz CT molecular complexity index is 1140. The molecule has 3 aromatic rings. The predicted molar refractivity (Wildman–Crippen MR) is 109 cm³/mol. The second-order valence-electron chi connectivity index (χ2n) is 7.47. The Kier molecular flexibility index (Phi) is 6.67. The number of sulfone groups is 1. The summed E-state index contributed by atoms with van der Waals surface area (Å²) in [5.41, 5.74) is 0.687. The van der Waals surface area contributed by atoms with Crippen molar-refractivity contribution in [1.29, 1.82) is 0 Å². The van der Waals surface area contributed by atoms with Gasteiger partial charge in [-0.05, 0) is 18.6 Å². The molecule has 32 heavy (non-hydrogen) atoms. The normalized spacial score (nSPS) is 19.2. The van der Waals surface area contributed by atoms with E-state index in [1.165, 1.54) is 17.1 Å². The summed E-state index contributed by atoms with van der Waals surface area (Å²) in [4.78, 5) is 12.1. The SMILES string of the molecule is O=C(Cc1cc(-c2ccco2)on1)NCCS(=O)(=O)Cc1cn([C@@H]2CCOC[C@H]2O)nn1. The third-order valence-corrected chi connectivity index (χ3v) is 6.52. The van der Waals surface area contributed by atoms with Crippen molar-refractivity contribution in [2.75, 3.05) is 25.5 Å². The monoisotopic (exact) mass is 465 g/mol. The molecule has 172 valence electrons. The van der Waals surface area contributed by atoms with E-state index >= 15 is 0 Å². The molecule has 4 rings (SSSR count). The topological polar surface area (TPSA) is 163 Å². The van der Waals surface area contributed by atoms with Crippen LogP contribution in [0.15, 0.2) is 39.6 Å². The van der Waals surface area contributed by atoms with Crippen LogP contribution in [0.25, 0.3) is 11.5 Å². The van der Waals surface area contributed by atoms with E-state index in [1.54, 1.807) is 18.2 Å². The average Bonchev–Trinajstić information content (AvgIpc) is 3.49. The minimum atomic E-state index is -3.52. The van der Waals surface area contributed by atoms with Crippen LogP contribution >= 0.6 is 0 Å². The quantitative estimate of drug-likeness (QED) is 0.444. The molecule has 0 radical (unpaired) electrons. The first-order valence-corrected chi connectivity index (χ1v) is 11.8. The molecule has 1 aliphatic rings. The molecule has 3 aromatic heterocycles. The fourth-order valence-corrected chi connectivity index (χ4v) is 4.50. The molecular weight excluding hydrogens is 442 g/mol. The second-order valence-corrected chi connectivity index (χ2v) is 9.65. The number of nitrogens with zero attached hydrogens (tertiary/aromatic N) is 4. The number of hydrogen-bond acceptors (Lipinski definition) is 10.